The molecule has 0 aliphatic heterocycles. The van der Waals surface area contributed by atoms with Crippen molar-refractivity contribution in [3.8, 4) is 0 Å². The molecule has 5 heteroatoms. The highest BCUT2D eigenvalue weighted by atomic mass is 79.9. The molecule has 1 heterocycles. The zero-order valence-electron chi connectivity index (χ0n) is 11.1. The summed E-state index contributed by atoms with van der Waals surface area (Å²) in [7, 11) is 0. The Morgan fingerprint density at radius 3 is 2.95 bits per heavy atom. The lowest BCUT2D eigenvalue weighted by Gasteiger charge is -2.20. The van der Waals surface area contributed by atoms with Crippen LogP contribution >= 0.6 is 15.9 Å². The summed E-state index contributed by atoms with van der Waals surface area (Å²) in [5.41, 5.74) is 0.730. The quantitative estimate of drug-likeness (QED) is 0.900. The third-order valence-electron chi connectivity index (χ3n) is 3.35. The Labute approximate surface area is 122 Å². The van der Waals surface area contributed by atoms with Crippen molar-refractivity contribution in [3.05, 3.63) is 22.9 Å². The minimum Gasteiger partial charge on any atom is -0.365 e. The van der Waals surface area contributed by atoms with E-state index in [2.05, 4.69) is 26.2 Å². The molecule has 1 aliphatic carbocycles. The van der Waals surface area contributed by atoms with Gasteiger partial charge in [0.1, 0.15) is 6.10 Å². The van der Waals surface area contributed by atoms with Gasteiger partial charge < -0.3 is 10.1 Å². The van der Waals surface area contributed by atoms with Gasteiger partial charge >= 0.3 is 0 Å². The normalized spacial score (nSPS) is 17.4. The molecule has 1 N–H and O–H groups in total. The molecule has 1 aromatic rings. The zero-order chi connectivity index (χ0) is 13.7. The van der Waals surface area contributed by atoms with Crippen LogP contribution in [0.15, 0.2) is 22.9 Å². The highest BCUT2D eigenvalue weighted by Gasteiger charge is 2.24. The van der Waals surface area contributed by atoms with Gasteiger partial charge in [0.15, 0.2) is 0 Å². The van der Waals surface area contributed by atoms with E-state index in [0.29, 0.717) is 6.42 Å². The van der Waals surface area contributed by atoms with Crippen molar-refractivity contribution >= 4 is 27.5 Å². The van der Waals surface area contributed by atoms with E-state index in [0.717, 1.165) is 23.0 Å². The Hall–Kier alpha value is -0.940. The van der Waals surface area contributed by atoms with Crippen molar-refractivity contribution in [1.82, 2.24) is 4.98 Å². The van der Waals surface area contributed by atoms with Gasteiger partial charge in [-0.25, -0.2) is 0 Å². The summed E-state index contributed by atoms with van der Waals surface area (Å²) in [5.74, 6) is -0.0821. The molecule has 4 nitrogen and oxygen atoms in total. The molecule has 1 aliphatic rings. The number of nitrogens with zero attached hydrogens (tertiary/aromatic N) is 1. The van der Waals surface area contributed by atoms with E-state index < -0.39 is 0 Å². The number of rotatable bonds is 5. The smallest absolute Gasteiger partial charge is 0.253 e. The van der Waals surface area contributed by atoms with Crippen molar-refractivity contribution in [2.24, 2.45) is 0 Å². The number of amides is 1. The summed E-state index contributed by atoms with van der Waals surface area (Å²) in [5, 5.41) is 2.88. The van der Waals surface area contributed by atoms with E-state index in [1.54, 1.807) is 18.5 Å². The second-order valence-corrected chi connectivity index (χ2v) is 5.64. The molecule has 1 atom stereocenters. The number of ether oxygens (including phenoxy) is 1. The van der Waals surface area contributed by atoms with Gasteiger partial charge in [0.2, 0.25) is 0 Å². The van der Waals surface area contributed by atoms with E-state index in [9.17, 15) is 4.79 Å². The molecule has 19 heavy (non-hydrogen) atoms. The van der Waals surface area contributed by atoms with Crippen molar-refractivity contribution in [2.75, 3.05) is 5.32 Å². The third kappa shape index (κ3) is 4.01. The van der Waals surface area contributed by atoms with Gasteiger partial charge in [-0.3, -0.25) is 9.78 Å². The van der Waals surface area contributed by atoms with Crippen molar-refractivity contribution in [1.29, 1.82) is 0 Å². The minimum absolute atomic E-state index is 0.0821. The Morgan fingerprint density at radius 1 is 1.58 bits per heavy atom. The predicted molar refractivity (Wildman–Crippen MR) is 78.0 cm³/mol. The SMILES string of the molecule is CCC(OC1CCCC1)C(=O)Nc1ccncc1Br. The molecule has 2 rings (SSSR count). The van der Waals surface area contributed by atoms with Gasteiger partial charge in [-0.05, 0) is 41.3 Å². The van der Waals surface area contributed by atoms with Crippen LogP contribution in [0.5, 0.6) is 0 Å². The maximum Gasteiger partial charge on any atom is 0.253 e. The third-order valence-corrected chi connectivity index (χ3v) is 3.98. The molecular formula is C14H19BrN2O2. The van der Waals surface area contributed by atoms with Gasteiger partial charge in [-0.15, -0.1) is 0 Å². The summed E-state index contributed by atoms with van der Waals surface area (Å²) >= 11 is 3.37. The van der Waals surface area contributed by atoms with Gasteiger partial charge in [-0.2, -0.15) is 0 Å². The van der Waals surface area contributed by atoms with Gasteiger partial charge in [0.25, 0.3) is 5.91 Å². The molecule has 0 radical (unpaired) electrons. The first-order chi connectivity index (χ1) is 9.20. The van der Waals surface area contributed by atoms with E-state index in [1.807, 2.05) is 6.92 Å². The lowest BCUT2D eigenvalue weighted by molar-refractivity contribution is -0.131. The van der Waals surface area contributed by atoms with Crippen LogP contribution in [0.25, 0.3) is 0 Å². The first kappa shape index (κ1) is 14.5. The minimum atomic E-state index is -0.372. The fourth-order valence-corrected chi connectivity index (χ4v) is 2.64. The monoisotopic (exact) mass is 326 g/mol. The molecule has 0 aromatic carbocycles. The van der Waals surface area contributed by atoms with Crippen molar-refractivity contribution < 1.29 is 9.53 Å². The lowest BCUT2D eigenvalue weighted by atomic mass is 10.2. The standard InChI is InChI=1S/C14H19BrN2O2/c1-2-13(19-10-5-3-4-6-10)14(18)17-12-7-8-16-9-11(12)15/h7-10,13H,2-6H2,1H3,(H,16,17,18). The highest BCUT2D eigenvalue weighted by molar-refractivity contribution is 9.10. The molecule has 0 bridgehead atoms. The molecule has 0 saturated heterocycles. The fourth-order valence-electron chi connectivity index (χ4n) is 2.29. The number of aromatic nitrogens is 1. The second-order valence-electron chi connectivity index (χ2n) is 4.78. The summed E-state index contributed by atoms with van der Waals surface area (Å²) < 4.78 is 6.67. The molecule has 0 spiro atoms. The van der Waals surface area contributed by atoms with Crippen LogP contribution in [0.3, 0.4) is 0 Å². The molecule has 1 unspecified atom stereocenters. The van der Waals surface area contributed by atoms with Crippen LogP contribution in [-0.2, 0) is 9.53 Å². The summed E-state index contributed by atoms with van der Waals surface area (Å²) in [6, 6.07) is 1.77. The molecular weight excluding hydrogens is 308 g/mol. The molecule has 1 saturated carbocycles. The Kier molecular flexibility index (Phi) is 5.34. The topological polar surface area (TPSA) is 51.2 Å². The maximum atomic E-state index is 12.2. The Bertz CT molecular complexity index is 433. The number of carbonyl (C=O) groups is 1. The van der Waals surface area contributed by atoms with Crippen molar-refractivity contribution in [2.45, 2.75) is 51.2 Å². The Morgan fingerprint density at radius 2 is 2.32 bits per heavy atom. The molecule has 1 amide bonds. The number of hydrogen-bond acceptors (Lipinski definition) is 3. The zero-order valence-corrected chi connectivity index (χ0v) is 12.6. The summed E-state index contributed by atoms with van der Waals surface area (Å²) in [6.07, 6.45) is 8.43. The number of carbonyl (C=O) groups excluding carboxylic acids is 1. The van der Waals surface area contributed by atoms with Crippen LogP contribution in [0.2, 0.25) is 0 Å². The van der Waals surface area contributed by atoms with Crippen molar-refractivity contribution in [3.63, 3.8) is 0 Å². The average molecular weight is 327 g/mol. The number of anilines is 1. The van der Waals surface area contributed by atoms with Crippen LogP contribution in [0.4, 0.5) is 5.69 Å². The van der Waals surface area contributed by atoms with Crippen LogP contribution < -0.4 is 5.32 Å². The van der Waals surface area contributed by atoms with Gasteiger partial charge in [0, 0.05) is 12.4 Å². The second kappa shape index (κ2) is 7.01. The number of hydrogen-bond donors (Lipinski definition) is 1. The first-order valence-corrected chi connectivity index (χ1v) is 7.56. The number of halogens is 1. The highest BCUT2D eigenvalue weighted by Crippen LogP contribution is 2.24. The number of pyridine rings is 1. The number of nitrogens with one attached hydrogen (secondary N) is 1. The van der Waals surface area contributed by atoms with Gasteiger partial charge in [-0.1, -0.05) is 19.8 Å². The van der Waals surface area contributed by atoms with Gasteiger partial charge in [0.05, 0.1) is 16.3 Å². The fraction of sp³-hybridized carbons (Fsp3) is 0.571. The lowest BCUT2D eigenvalue weighted by Crippen LogP contribution is -2.32. The van der Waals surface area contributed by atoms with Crippen LogP contribution in [0.1, 0.15) is 39.0 Å². The van der Waals surface area contributed by atoms with E-state index in [4.69, 9.17) is 4.74 Å². The first-order valence-electron chi connectivity index (χ1n) is 6.76. The predicted octanol–water partition coefficient (Wildman–Crippen LogP) is 3.52. The molecule has 1 fully saturated rings. The maximum absolute atomic E-state index is 12.2. The molecule has 104 valence electrons. The van der Waals surface area contributed by atoms with E-state index in [1.165, 1.54) is 12.8 Å². The van der Waals surface area contributed by atoms with E-state index in [-0.39, 0.29) is 18.1 Å². The van der Waals surface area contributed by atoms with Crippen LogP contribution in [0, 0.1) is 0 Å². The molecule has 1 aromatic heterocycles. The largest absolute Gasteiger partial charge is 0.365 e. The Balaban J connectivity index is 1.94. The van der Waals surface area contributed by atoms with Crippen LogP contribution in [-0.4, -0.2) is 23.1 Å². The summed E-state index contributed by atoms with van der Waals surface area (Å²) in [6.45, 7) is 1.97. The summed E-state index contributed by atoms with van der Waals surface area (Å²) in [4.78, 5) is 16.2. The average Bonchev–Trinajstić information content (AvgIpc) is 2.91. The van der Waals surface area contributed by atoms with E-state index >= 15 is 0 Å².